The molecule has 0 atom stereocenters. The Labute approximate surface area is 274 Å². The number of hydrogen-bond acceptors (Lipinski definition) is 5. The minimum Gasteiger partial charge on any atom is -0.491 e. The molecule has 0 heterocycles. The number of ether oxygens (including phenoxy) is 4. The fraction of sp³-hybridized carbons (Fsp3) is 0.390. The van der Waals surface area contributed by atoms with Gasteiger partial charge >= 0.3 is 5.97 Å². The maximum Gasteiger partial charge on any atom is 0.311 e. The van der Waals surface area contributed by atoms with Gasteiger partial charge in [0.2, 0.25) is 0 Å². The van der Waals surface area contributed by atoms with E-state index in [1.807, 2.05) is 32.9 Å². The highest BCUT2D eigenvalue weighted by Gasteiger charge is 2.45. The summed E-state index contributed by atoms with van der Waals surface area (Å²) in [5, 5.41) is 0. The Hall–Kier alpha value is -4.09. The molecule has 1 aliphatic rings. The minimum atomic E-state index is -0.515. The number of fused-ring (bicyclic) bond motifs is 3. The second-order valence-corrected chi connectivity index (χ2v) is 13.3. The van der Waals surface area contributed by atoms with Gasteiger partial charge in [-0.15, -0.1) is 0 Å². The van der Waals surface area contributed by atoms with Crippen LogP contribution in [-0.2, 0) is 19.7 Å². The Morgan fingerprint density at radius 2 is 1.11 bits per heavy atom. The minimum absolute atomic E-state index is 0.142. The van der Waals surface area contributed by atoms with Crippen LogP contribution >= 0.6 is 0 Å². The number of carbonyl (C=O) groups is 1. The fourth-order valence-corrected chi connectivity index (χ4v) is 6.41. The molecule has 0 radical (unpaired) electrons. The van der Waals surface area contributed by atoms with E-state index in [4.69, 9.17) is 18.9 Å². The summed E-state index contributed by atoms with van der Waals surface area (Å²) in [7, 11) is 0. The molecule has 5 rings (SSSR count). The predicted molar refractivity (Wildman–Crippen MR) is 185 cm³/mol. The summed E-state index contributed by atoms with van der Waals surface area (Å²) < 4.78 is 23.6. The van der Waals surface area contributed by atoms with Crippen molar-refractivity contribution in [3.63, 3.8) is 0 Å². The number of carbonyl (C=O) groups excluding carboxylic acids is 1. The van der Waals surface area contributed by atoms with Gasteiger partial charge < -0.3 is 18.9 Å². The van der Waals surface area contributed by atoms with Gasteiger partial charge in [-0.3, -0.25) is 4.79 Å². The van der Waals surface area contributed by atoms with Gasteiger partial charge in [-0.1, -0.05) is 93.1 Å². The van der Waals surface area contributed by atoms with Crippen molar-refractivity contribution in [1.29, 1.82) is 0 Å². The summed E-state index contributed by atoms with van der Waals surface area (Å²) in [6, 6.07) is 34.2. The quantitative estimate of drug-likeness (QED) is 0.0862. The Balaban J connectivity index is 1.40. The molecule has 5 heteroatoms. The zero-order chi connectivity index (χ0) is 32.8. The molecule has 0 spiro atoms. The molecule has 46 heavy (non-hydrogen) atoms. The van der Waals surface area contributed by atoms with E-state index in [-0.39, 0.29) is 18.2 Å². The van der Waals surface area contributed by atoms with Crippen molar-refractivity contribution >= 4 is 5.97 Å². The van der Waals surface area contributed by atoms with E-state index in [1.165, 1.54) is 22.3 Å². The zero-order valence-electron chi connectivity index (χ0n) is 28.2. The molecule has 4 aromatic carbocycles. The molecular formula is C41H48O5. The first kappa shape index (κ1) is 33.3. The van der Waals surface area contributed by atoms with Crippen molar-refractivity contribution < 1.29 is 23.7 Å². The average Bonchev–Trinajstić information content (AvgIpc) is 3.37. The molecule has 0 bridgehead atoms. The van der Waals surface area contributed by atoms with E-state index in [0.717, 1.165) is 41.9 Å². The highest BCUT2D eigenvalue weighted by atomic mass is 16.6. The maximum atomic E-state index is 12.3. The monoisotopic (exact) mass is 620 g/mol. The maximum absolute atomic E-state index is 12.3. The van der Waals surface area contributed by atoms with E-state index in [2.05, 4.69) is 106 Å². The Morgan fingerprint density at radius 3 is 1.59 bits per heavy atom. The lowest BCUT2D eigenvalue weighted by Crippen LogP contribution is -2.28. The van der Waals surface area contributed by atoms with Crippen LogP contribution in [0.15, 0.2) is 97.1 Å². The van der Waals surface area contributed by atoms with Crippen molar-refractivity contribution in [3.05, 3.63) is 119 Å². The number of hydrogen-bond donors (Lipinski definition) is 0. The third-order valence-electron chi connectivity index (χ3n) is 9.25. The van der Waals surface area contributed by atoms with Crippen molar-refractivity contribution in [2.45, 2.75) is 71.8 Å². The molecular weight excluding hydrogens is 572 g/mol. The SMILES string of the molecule is CCCC(C)(C)OCCOc1ccc(C2(c3ccc(OCCOC(=O)C(C)(C)CC)cc3)c3ccccc3-c3ccccc32)cc1. The normalized spacial score (nSPS) is 13.5. The third kappa shape index (κ3) is 6.85. The Bertz CT molecular complexity index is 1560. The summed E-state index contributed by atoms with van der Waals surface area (Å²) in [5.41, 5.74) is 6.13. The molecule has 0 N–H and O–H groups in total. The van der Waals surface area contributed by atoms with Gasteiger partial charge in [0, 0.05) is 0 Å². The fourth-order valence-electron chi connectivity index (χ4n) is 6.41. The number of rotatable bonds is 15. The van der Waals surface area contributed by atoms with E-state index < -0.39 is 10.8 Å². The standard InChI is InChI=1S/C41H48O5/c1-7-25-40(5,6)46-29-28-44-33-23-19-31(20-24-33)41(36-15-11-9-13-34(36)35-14-10-12-16-37(35)41)30-17-21-32(22-18-30)43-26-27-45-38(42)39(3,4)8-2/h9-24H,7-8,25-29H2,1-6H3. The first-order valence-electron chi connectivity index (χ1n) is 16.6. The summed E-state index contributed by atoms with van der Waals surface area (Å²) >= 11 is 0. The third-order valence-corrected chi connectivity index (χ3v) is 9.25. The number of benzene rings is 4. The van der Waals surface area contributed by atoms with Crippen molar-refractivity contribution in [3.8, 4) is 22.6 Å². The van der Waals surface area contributed by atoms with Crippen LogP contribution in [0.2, 0.25) is 0 Å². The molecule has 242 valence electrons. The van der Waals surface area contributed by atoms with Crippen LogP contribution in [-0.4, -0.2) is 38.0 Å². The van der Waals surface area contributed by atoms with Crippen LogP contribution in [0.5, 0.6) is 11.5 Å². The topological polar surface area (TPSA) is 54.0 Å². The highest BCUT2D eigenvalue weighted by molar-refractivity contribution is 5.86. The smallest absolute Gasteiger partial charge is 0.311 e. The van der Waals surface area contributed by atoms with Gasteiger partial charge in [0.25, 0.3) is 0 Å². The molecule has 1 aliphatic carbocycles. The number of esters is 1. The molecule has 4 aromatic rings. The molecule has 0 aliphatic heterocycles. The van der Waals surface area contributed by atoms with Crippen LogP contribution in [0, 0.1) is 5.41 Å². The summed E-state index contributed by atoms with van der Waals surface area (Å²) in [6.07, 6.45) is 2.84. The molecule has 0 saturated carbocycles. The lowest BCUT2D eigenvalue weighted by atomic mass is 9.68. The molecule has 5 nitrogen and oxygen atoms in total. The van der Waals surface area contributed by atoms with Crippen molar-refractivity contribution in [2.24, 2.45) is 5.41 Å². The van der Waals surface area contributed by atoms with Crippen LogP contribution in [0.3, 0.4) is 0 Å². The van der Waals surface area contributed by atoms with E-state index >= 15 is 0 Å². The van der Waals surface area contributed by atoms with Crippen molar-refractivity contribution in [2.75, 3.05) is 26.4 Å². The lowest BCUT2D eigenvalue weighted by Gasteiger charge is -2.34. The highest BCUT2D eigenvalue weighted by Crippen LogP contribution is 2.56. The first-order chi connectivity index (χ1) is 22.1. The molecule has 0 fully saturated rings. The second-order valence-electron chi connectivity index (χ2n) is 13.3. The Morgan fingerprint density at radius 1 is 0.630 bits per heavy atom. The summed E-state index contributed by atoms with van der Waals surface area (Å²) in [4.78, 5) is 12.3. The summed E-state index contributed by atoms with van der Waals surface area (Å²) in [6.45, 7) is 13.8. The first-order valence-corrected chi connectivity index (χ1v) is 16.6. The molecule has 0 unspecified atom stereocenters. The van der Waals surface area contributed by atoms with Gasteiger partial charge in [-0.05, 0) is 98.2 Å². The van der Waals surface area contributed by atoms with Gasteiger partial charge in [0.15, 0.2) is 0 Å². The van der Waals surface area contributed by atoms with Gasteiger partial charge in [0.1, 0.15) is 31.3 Å². The largest absolute Gasteiger partial charge is 0.491 e. The van der Waals surface area contributed by atoms with Gasteiger partial charge in [-0.25, -0.2) is 0 Å². The molecule has 0 amide bonds. The van der Waals surface area contributed by atoms with Crippen LogP contribution < -0.4 is 9.47 Å². The van der Waals surface area contributed by atoms with Crippen LogP contribution in [0.25, 0.3) is 11.1 Å². The molecule has 0 saturated heterocycles. The van der Waals surface area contributed by atoms with Crippen LogP contribution in [0.4, 0.5) is 0 Å². The Kier molecular flexibility index (Phi) is 10.2. The van der Waals surface area contributed by atoms with Gasteiger partial charge in [0.05, 0.1) is 23.0 Å². The second kappa shape index (κ2) is 14.1. The predicted octanol–water partition coefficient (Wildman–Crippen LogP) is 9.38. The van der Waals surface area contributed by atoms with E-state index in [1.54, 1.807) is 0 Å². The van der Waals surface area contributed by atoms with E-state index in [0.29, 0.717) is 19.8 Å². The van der Waals surface area contributed by atoms with Crippen LogP contribution in [0.1, 0.15) is 83.1 Å². The van der Waals surface area contributed by atoms with E-state index in [9.17, 15) is 4.79 Å². The average molecular weight is 621 g/mol. The van der Waals surface area contributed by atoms with Crippen molar-refractivity contribution in [1.82, 2.24) is 0 Å². The summed E-state index contributed by atoms with van der Waals surface area (Å²) in [5.74, 6) is 1.36. The molecule has 0 aromatic heterocycles. The lowest BCUT2D eigenvalue weighted by molar-refractivity contribution is -0.154. The zero-order valence-corrected chi connectivity index (χ0v) is 28.2. The van der Waals surface area contributed by atoms with Gasteiger partial charge in [-0.2, -0.15) is 0 Å².